The lowest BCUT2D eigenvalue weighted by Crippen LogP contribution is -2.55. The van der Waals surface area contributed by atoms with Crippen LogP contribution >= 0.6 is 0 Å². The molecule has 0 fully saturated rings. The molecule has 4 rings (SSSR count). The summed E-state index contributed by atoms with van der Waals surface area (Å²) in [6.07, 6.45) is 3.90. The number of benzene rings is 4. The first-order chi connectivity index (χ1) is 22.9. The van der Waals surface area contributed by atoms with Gasteiger partial charge in [-0.2, -0.15) is 0 Å². The van der Waals surface area contributed by atoms with Crippen LogP contribution in [0.4, 0.5) is 8.78 Å². The number of carbonyl (C=O) groups is 2. The first kappa shape index (κ1) is 36.1. The van der Waals surface area contributed by atoms with E-state index in [0.29, 0.717) is 36.6 Å². The van der Waals surface area contributed by atoms with Crippen LogP contribution in [-0.4, -0.2) is 54.3 Å². The van der Waals surface area contributed by atoms with Crippen molar-refractivity contribution in [1.82, 2.24) is 15.1 Å². The molecule has 4 aromatic carbocycles. The Hall–Kier alpha value is -4.78. The fraction of sp³-hybridized carbons (Fsp3) is 0.317. The number of nitrogens with zero attached hydrogens (tertiary/aromatic N) is 2. The summed E-state index contributed by atoms with van der Waals surface area (Å²) in [5, 5.41) is 5.15. The van der Waals surface area contributed by atoms with Gasteiger partial charge in [0, 0.05) is 39.2 Å². The third kappa shape index (κ3) is 9.86. The maximum atomic E-state index is 14.6. The molecule has 0 heterocycles. The van der Waals surface area contributed by atoms with Gasteiger partial charge < -0.3 is 15.1 Å². The van der Waals surface area contributed by atoms with Crippen molar-refractivity contribution in [1.29, 1.82) is 0 Å². The highest BCUT2D eigenvalue weighted by atomic mass is 19.2. The number of carbonyl (C=O) groups excluding carboxylic acids is 2. The van der Waals surface area contributed by atoms with E-state index in [-0.39, 0.29) is 18.2 Å². The maximum absolute atomic E-state index is 14.6. The molecule has 0 saturated heterocycles. The molecular weight excluding hydrogens is 604 g/mol. The van der Waals surface area contributed by atoms with Gasteiger partial charge in [-0.1, -0.05) is 105 Å². The Morgan fingerprint density at radius 1 is 0.771 bits per heavy atom. The van der Waals surface area contributed by atoms with Crippen molar-refractivity contribution in [2.75, 3.05) is 20.6 Å². The van der Waals surface area contributed by atoms with E-state index in [1.54, 1.807) is 7.05 Å². The average Bonchev–Trinajstić information content (AvgIpc) is 3.06. The van der Waals surface area contributed by atoms with Gasteiger partial charge in [0.1, 0.15) is 12.1 Å². The highest BCUT2D eigenvalue weighted by Gasteiger charge is 2.34. The molecule has 48 heavy (non-hydrogen) atoms. The lowest BCUT2D eigenvalue weighted by atomic mass is 9.97. The van der Waals surface area contributed by atoms with E-state index in [1.807, 2.05) is 84.8 Å². The monoisotopic (exact) mass is 651 g/mol. The van der Waals surface area contributed by atoms with Crippen LogP contribution in [0, 0.1) is 17.6 Å². The molecule has 0 aliphatic carbocycles. The van der Waals surface area contributed by atoms with Crippen molar-refractivity contribution in [2.45, 2.75) is 58.5 Å². The van der Waals surface area contributed by atoms with Crippen molar-refractivity contribution >= 4 is 22.6 Å². The van der Waals surface area contributed by atoms with Gasteiger partial charge >= 0.3 is 0 Å². The third-order valence-electron chi connectivity index (χ3n) is 8.68. The van der Waals surface area contributed by atoms with E-state index in [9.17, 15) is 18.4 Å². The van der Waals surface area contributed by atoms with Crippen LogP contribution in [0.3, 0.4) is 0 Å². The molecule has 0 aliphatic heterocycles. The number of allylic oxidation sites excluding steroid dienone is 2. The van der Waals surface area contributed by atoms with Crippen LogP contribution in [0.25, 0.3) is 10.8 Å². The van der Waals surface area contributed by atoms with Gasteiger partial charge in [-0.3, -0.25) is 9.59 Å². The smallest absolute Gasteiger partial charge is 0.246 e. The molecule has 0 bridgehead atoms. The largest absolute Gasteiger partial charge is 0.363 e. The number of likely N-dealkylation sites (N-methyl/N-ethyl adjacent to an activating group) is 2. The molecule has 0 aromatic heterocycles. The van der Waals surface area contributed by atoms with Gasteiger partial charge in [0.05, 0.1) is 0 Å². The second-order valence-electron chi connectivity index (χ2n) is 13.0. The summed E-state index contributed by atoms with van der Waals surface area (Å²) in [4.78, 5) is 31.7. The molecule has 0 spiro atoms. The maximum Gasteiger partial charge on any atom is 0.246 e. The molecule has 2 amide bonds. The third-order valence-corrected chi connectivity index (χ3v) is 8.68. The summed E-state index contributed by atoms with van der Waals surface area (Å²) in [5.74, 6) is -2.16. The summed E-state index contributed by atoms with van der Waals surface area (Å²) in [6, 6.07) is 25.9. The Morgan fingerprint density at radius 2 is 1.40 bits per heavy atom. The van der Waals surface area contributed by atoms with Crippen molar-refractivity contribution in [3.05, 3.63) is 143 Å². The zero-order valence-corrected chi connectivity index (χ0v) is 28.7. The highest BCUT2D eigenvalue weighted by molar-refractivity contribution is 5.90. The van der Waals surface area contributed by atoms with Crippen molar-refractivity contribution in [3.63, 3.8) is 0 Å². The van der Waals surface area contributed by atoms with Crippen molar-refractivity contribution < 1.29 is 18.4 Å². The quantitative estimate of drug-likeness (QED) is 0.133. The molecule has 0 saturated carbocycles. The summed E-state index contributed by atoms with van der Waals surface area (Å²) >= 11 is 0. The standard InChI is InChI=1S/C41H47F2N3O2/c1-28(2)22-29(3)23-30(4)45(5)39(27-32-16-18-34-14-10-11-15-35(34)24-32)41(48)46(6)38(26-33-17-19-36(42)37(43)25-33)40(47)44-21-20-31-12-8-7-9-13-31/h7-19,23-25,28,38-39H,4,20-22,26-27H2,1-3,5-6H3,(H,44,47)/b29-23+/t38?,39-/m1/s1. The number of rotatable bonds is 15. The van der Waals surface area contributed by atoms with Crippen LogP contribution in [0.5, 0.6) is 0 Å². The van der Waals surface area contributed by atoms with E-state index < -0.39 is 23.7 Å². The minimum absolute atomic E-state index is 0.0113. The summed E-state index contributed by atoms with van der Waals surface area (Å²) in [7, 11) is 3.46. The molecule has 252 valence electrons. The van der Waals surface area contributed by atoms with Crippen molar-refractivity contribution in [3.8, 4) is 0 Å². The Kier molecular flexibility index (Phi) is 12.7. The fourth-order valence-corrected chi connectivity index (χ4v) is 6.04. The van der Waals surface area contributed by atoms with E-state index in [0.717, 1.165) is 46.0 Å². The van der Waals surface area contributed by atoms with E-state index in [4.69, 9.17) is 0 Å². The molecule has 1 N–H and O–H groups in total. The number of amides is 2. The normalized spacial score (nSPS) is 12.9. The molecule has 2 atom stereocenters. The summed E-state index contributed by atoms with van der Waals surface area (Å²) in [5.41, 5.74) is 4.28. The predicted molar refractivity (Wildman–Crippen MR) is 191 cm³/mol. The molecule has 0 radical (unpaired) electrons. The SMILES string of the molecule is C=C(/C=C(\C)CC(C)C)N(C)[C@H](Cc1ccc2ccccc2c1)C(=O)N(C)C(Cc1ccc(F)c(F)c1)C(=O)NCCc1ccccc1. The van der Waals surface area contributed by atoms with Gasteiger partial charge in [0.15, 0.2) is 11.6 Å². The van der Waals surface area contributed by atoms with E-state index in [2.05, 4.69) is 38.7 Å². The second kappa shape index (κ2) is 16.9. The average molecular weight is 652 g/mol. The van der Waals surface area contributed by atoms with Crippen LogP contribution in [-0.2, 0) is 28.9 Å². The molecule has 0 aliphatic rings. The van der Waals surface area contributed by atoms with Gasteiger partial charge in [-0.15, -0.1) is 0 Å². The fourth-order valence-electron chi connectivity index (χ4n) is 6.04. The highest BCUT2D eigenvalue weighted by Crippen LogP contribution is 2.23. The van der Waals surface area contributed by atoms with Gasteiger partial charge in [0.2, 0.25) is 11.8 Å². The summed E-state index contributed by atoms with van der Waals surface area (Å²) in [6.45, 7) is 11.0. The number of hydrogen-bond acceptors (Lipinski definition) is 3. The Bertz CT molecular complexity index is 1750. The molecular formula is C41H47F2N3O2. The lowest BCUT2D eigenvalue weighted by molar-refractivity contribution is -0.142. The van der Waals surface area contributed by atoms with Crippen LogP contribution in [0.1, 0.15) is 43.9 Å². The topological polar surface area (TPSA) is 52.7 Å². The second-order valence-corrected chi connectivity index (χ2v) is 13.0. The first-order valence-electron chi connectivity index (χ1n) is 16.5. The van der Waals surface area contributed by atoms with Crippen LogP contribution in [0.2, 0.25) is 0 Å². The number of fused-ring (bicyclic) bond motifs is 1. The van der Waals surface area contributed by atoms with Crippen LogP contribution < -0.4 is 5.32 Å². The molecule has 4 aromatic rings. The van der Waals surface area contributed by atoms with E-state index >= 15 is 0 Å². The first-order valence-corrected chi connectivity index (χ1v) is 16.5. The van der Waals surface area contributed by atoms with Gasteiger partial charge in [-0.25, -0.2) is 8.78 Å². The lowest BCUT2D eigenvalue weighted by Gasteiger charge is -2.36. The van der Waals surface area contributed by atoms with Gasteiger partial charge in [-0.05, 0) is 71.4 Å². The zero-order valence-electron chi connectivity index (χ0n) is 28.7. The minimum atomic E-state index is -1.00. The minimum Gasteiger partial charge on any atom is -0.363 e. The number of nitrogens with one attached hydrogen (secondary N) is 1. The van der Waals surface area contributed by atoms with E-state index in [1.165, 1.54) is 11.0 Å². The van der Waals surface area contributed by atoms with Crippen molar-refractivity contribution in [2.24, 2.45) is 5.92 Å². The predicted octanol–water partition coefficient (Wildman–Crippen LogP) is 7.90. The van der Waals surface area contributed by atoms with Gasteiger partial charge in [0.25, 0.3) is 0 Å². The Morgan fingerprint density at radius 3 is 2.08 bits per heavy atom. The number of hydrogen-bond donors (Lipinski definition) is 1. The zero-order chi connectivity index (χ0) is 34.8. The molecule has 1 unspecified atom stereocenters. The molecule has 5 nitrogen and oxygen atoms in total. The Balaban J connectivity index is 1.65. The summed E-state index contributed by atoms with van der Waals surface area (Å²) < 4.78 is 28.1. The van der Waals surface area contributed by atoms with Crippen LogP contribution in [0.15, 0.2) is 115 Å². The number of halogens is 2. The molecule has 7 heteroatoms. The Labute approximate surface area is 284 Å².